The number of piperidine rings is 1. The fourth-order valence-corrected chi connectivity index (χ4v) is 3.10. The van der Waals surface area contributed by atoms with Gasteiger partial charge in [0.25, 0.3) is 5.91 Å². The summed E-state index contributed by atoms with van der Waals surface area (Å²) in [5.41, 5.74) is 1.03. The Morgan fingerprint density at radius 1 is 1.00 bits per heavy atom. The largest absolute Gasteiger partial charge is 0.497 e. The molecule has 1 aliphatic rings. The zero-order chi connectivity index (χ0) is 18.5. The van der Waals surface area contributed by atoms with Gasteiger partial charge < -0.3 is 9.64 Å². The van der Waals surface area contributed by atoms with E-state index in [4.69, 9.17) is 4.74 Å². The van der Waals surface area contributed by atoms with Gasteiger partial charge in [0, 0.05) is 18.7 Å². The van der Waals surface area contributed by atoms with Crippen LogP contribution in [0.4, 0.5) is 10.5 Å². The van der Waals surface area contributed by atoms with Crippen molar-refractivity contribution in [3.63, 3.8) is 0 Å². The van der Waals surface area contributed by atoms with Crippen LogP contribution < -0.4 is 9.64 Å². The van der Waals surface area contributed by atoms with Crippen molar-refractivity contribution in [3.05, 3.63) is 60.2 Å². The van der Waals surface area contributed by atoms with E-state index in [1.165, 1.54) is 4.90 Å². The van der Waals surface area contributed by atoms with Gasteiger partial charge >= 0.3 is 6.03 Å². The van der Waals surface area contributed by atoms with Gasteiger partial charge in [0.05, 0.1) is 12.8 Å². The number of ether oxygens (including phenoxy) is 1. The lowest BCUT2D eigenvalue weighted by Crippen LogP contribution is -2.49. The number of hydrogen-bond donors (Lipinski definition) is 0. The van der Waals surface area contributed by atoms with Gasteiger partial charge in [0.1, 0.15) is 5.75 Å². The zero-order valence-electron chi connectivity index (χ0n) is 15.2. The molecule has 0 N–H and O–H groups in total. The second-order valence-corrected chi connectivity index (χ2v) is 6.66. The van der Waals surface area contributed by atoms with Crippen molar-refractivity contribution >= 4 is 17.6 Å². The molecule has 26 heavy (non-hydrogen) atoms. The summed E-state index contributed by atoms with van der Waals surface area (Å²) in [4.78, 5) is 29.3. The molecule has 0 unspecified atom stereocenters. The van der Waals surface area contributed by atoms with E-state index < -0.39 is 0 Å². The van der Waals surface area contributed by atoms with Gasteiger partial charge in [-0.3, -0.25) is 4.79 Å². The van der Waals surface area contributed by atoms with E-state index in [0.717, 1.165) is 12.8 Å². The Balaban J connectivity index is 1.90. The highest BCUT2D eigenvalue weighted by Gasteiger charge is 2.30. The fourth-order valence-electron chi connectivity index (χ4n) is 3.10. The maximum Gasteiger partial charge on any atom is 0.331 e. The summed E-state index contributed by atoms with van der Waals surface area (Å²) in [7, 11) is 1.58. The number of carbonyl (C=O) groups excluding carboxylic acids is 2. The van der Waals surface area contributed by atoms with Crippen LogP contribution in [0.25, 0.3) is 0 Å². The molecule has 2 aromatic rings. The van der Waals surface area contributed by atoms with Crippen molar-refractivity contribution < 1.29 is 14.3 Å². The molecule has 2 aromatic carbocycles. The minimum atomic E-state index is -0.331. The van der Waals surface area contributed by atoms with Gasteiger partial charge in [0.15, 0.2) is 0 Å². The Morgan fingerprint density at radius 3 is 2.19 bits per heavy atom. The summed E-state index contributed by atoms with van der Waals surface area (Å²) in [6.07, 6.45) is 1.93. The first kappa shape index (κ1) is 18.0. The van der Waals surface area contributed by atoms with Crippen LogP contribution >= 0.6 is 0 Å². The van der Waals surface area contributed by atoms with Gasteiger partial charge in [-0.15, -0.1) is 0 Å². The Labute approximate surface area is 154 Å². The number of benzene rings is 2. The number of methoxy groups -OCH3 is 1. The van der Waals surface area contributed by atoms with Crippen LogP contribution in [0.15, 0.2) is 54.6 Å². The monoisotopic (exact) mass is 352 g/mol. The second kappa shape index (κ2) is 8.04. The SMILES string of the molecule is COc1ccc(C(=O)N(C(=O)N2CCC(C)CC2)c2ccccc2)cc1. The Kier molecular flexibility index (Phi) is 5.56. The lowest BCUT2D eigenvalue weighted by atomic mass is 9.99. The predicted molar refractivity (Wildman–Crippen MR) is 102 cm³/mol. The maximum atomic E-state index is 13.1. The number of rotatable bonds is 3. The number of urea groups is 1. The second-order valence-electron chi connectivity index (χ2n) is 6.66. The molecule has 3 amide bonds. The van der Waals surface area contributed by atoms with Crippen LogP contribution in [0.3, 0.4) is 0 Å². The number of anilines is 1. The molecule has 5 heteroatoms. The third kappa shape index (κ3) is 3.87. The number of amides is 3. The molecule has 1 fully saturated rings. The van der Waals surface area contributed by atoms with Crippen molar-refractivity contribution in [1.29, 1.82) is 0 Å². The van der Waals surface area contributed by atoms with Crippen molar-refractivity contribution in [2.45, 2.75) is 19.8 Å². The predicted octanol–water partition coefficient (Wildman–Crippen LogP) is 4.19. The van der Waals surface area contributed by atoms with E-state index in [2.05, 4.69) is 6.92 Å². The van der Waals surface area contributed by atoms with Gasteiger partial charge in [-0.2, -0.15) is 0 Å². The molecule has 1 heterocycles. The zero-order valence-corrected chi connectivity index (χ0v) is 15.2. The molecule has 1 aliphatic heterocycles. The lowest BCUT2D eigenvalue weighted by Gasteiger charge is -2.34. The molecule has 1 saturated heterocycles. The van der Waals surface area contributed by atoms with Gasteiger partial charge in [-0.05, 0) is 55.2 Å². The Hall–Kier alpha value is -2.82. The quantitative estimate of drug-likeness (QED) is 0.832. The number of imide groups is 1. The summed E-state index contributed by atoms with van der Waals surface area (Å²) >= 11 is 0. The van der Waals surface area contributed by atoms with E-state index in [-0.39, 0.29) is 11.9 Å². The molecule has 0 atom stereocenters. The Morgan fingerprint density at radius 2 is 1.62 bits per heavy atom. The number of nitrogens with zero attached hydrogens (tertiary/aromatic N) is 2. The molecular weight excluding hydrogens is 328 g/mol. The van der Waals surface area contributed by atoms with E-state index in [9.17, 15) is 9.59 Å². The number of hydrogen-bond acceptors (Lipinski definition) is 3. The molecule has 0 aliphatic carbocycles. The van der Waals surface area contributed by atoms with Crippen LogP contribution in [0.2, 0.25) is 0 Å². The summed E-state index contributed by atoms with van der Waals surface area (Å²) < 4.78 is 5.15. The molecule has 0 radical (unpaired) electrons. The maximum absolute atomic E-state index is 13.1. The highest BCUT2D eigenvalue weighted by Crippen LogP contribution is 2.23. The van der Waals surface area contributed by atoms with Crippen molar-refractivity contribution in [2.24, 2.45) is 5.92 Å². The van der Waals surface area contributed by atoms with E-state index in [1.807, 2.05) is 18.2 Å². The van der Waals surface area contributed by atoms with Crippen LogP contribution in [0.1, 0.15) is 30.1 Å². The van der Waals surface area contributed by atoms with Crippen LogP contribution in [0, 0.1) is 5.92 Å². The molecule has 0 bridgehead atoms. The Bertz CT molecular complexity index is 751. The molecule has 0 saturated carbocycles. The standard InChI is InChI=1S/C21H24N2O3/c1-16-12-14-22(15-13-16)21(25)23(18-6-4-3-5-7-18)20(24)17-8-10-19(26-2)11-9-17/h3-11,16H,12-15H2,1-2H3. The third-order valence-corrected chi connectivity index (χ3v) is 4.80. The average Bonchev–Trinajstić information content (AvgIpc) is 2.69. The first-order valence-electron chi connectivity index (χ1n) is 8.92. The normalized spacial score (nSPS) is 14.8. The summed E-state index contributed by atoms with van der Waals surface area (Å²) in [6, 6.07) is 15.6. The fraction of sp³-hybridized carbons (Fsp3) is 0.333. The van der Waals surface area contributed by atoms with Gasteiger partial charge in [-0.25, -0.2) is 9.69 Å². The number of likely N-dealkylation sites (tertiary alicyclic amines) is 1. The number of carbonyl (C=O) groups is 2. The van der Waals surface area contributed by atoms with Crippen LogP contribution in [0.5, 0.6) is 5.75 Å². The molecule has 5 nitrogen and oxygen atoms in total. The molecule has 0 spiro atoms. The summed E-state index contributed by atoms with van der Waals surface area (Å²) in [6.45, 7) is 3.55. The molecular formula is C21H24N2O3. The summed E-state index contributed by atoms with van der Waals surface area (Å²) in [5, 5.41) is 0. The lowest BCUT2D eigenvalue weighted by molar-refractivity contribution is 0.0981. The van der Waals surface area contributed by atoms with Crippen molar-refractivity contribution in [1.82, 2.24) is 4.90 Å². The highest BCUT2D eigenvalue weighted by atomic mass is 16.5. The van der Waals surface area contributed by atoms with Crippen molar-refractivity contribution in [3.8, 4) is 5.75 Å². The number of para-hydroxylation sites is 1. The smallest absolute Gasteiger partial charge is 0.331 e. The van der Waals surface area contributed by atoms with E-state index >= 15 is 0 Å². The highest BCUT2D eigenvalue weighted by molar-refractivity contribution is 6.20. The first-order valence-corrected chi connectivity index (χ1v) is 8.92. The minimum Gasteiger partial charge on any atom is -0.497 e. The average molecular weight is 352 g/mol. The molecule has 3 rings (SSSR count). The molecule has 0 aromatic heterocycles. The third-order valence-electron chi connectivity index (χ3n) is 4.80. The van der Waals surface area contributed by atoms with Gasteiger partial charge in [0.2, 0.25) is 0 Å². The summed E-state index contributed by atoms with van der Waals surface area (Å²) in [5.74, 6) is 0.952. The van der Waals surface area contributed by atoms with Crippen LogP contribution in [-0.2, 0) is 0 Å². The minimum absolute atomic E-state index is 0.260. The topological polar surface area (TPSA) is 49.9 Å². The van der Waals surface area contributed by atoms with Gasteiger partial charge in [-0.1, -0.05) is 25.1 Å². The van der Waals surface area contributed by atoms with E-state index in [1.54, 1.807) is 48.4 Å². The van der Waals surface area contributed by atoms with Crippen LogP contribution in [-0.4, -0.2) is 37.0 Å². The molecule has 136 valence electrons. The van der Waals surface area contributed by atoms with E-state index in [0.29, 0.717) is 36.0 Å². The first-order chi connectivity index (χ1) is 12.6. The van der Waals surface area contributed by atoms with Crippen molar-refractivity contribution in [2.75, 3.05) is 25.1 Å².